The molecule has 1 N–H and O–H groups in total. The van der Waals surface area contributed by atoms with E-state index < -0.39 is 0 Å². The predicted molar refractivity (Wildman–Crippen MR) is 72.9 cm³/mol. The maximum Gasteiger partial charge on any atom is 0.120 e. The molecule has 0 spiro atoms. The van der Waals surface area contributed by atoms with E-state index in [1.54, 1.807) is 12.1 Å². The van der Waals surface area contributed by atoms with Crippen LogP contribution >= 0.6 is 0 Å². The fourth-order valence-electron chi connectivity index (χ4n) is 2.40. The number of hydrogen-bond acceptors (Lipinski definition) is 4. The summed E-state index contributed by atoms with van der Waals surface area (Å²) in [4.78, 5) is 2.37. The predicted octanol–water partition coefficient (Wildman–Crippen LogP) is 1.64. The molecule has 102 valence electrons. The van der Waals surface area contributed by atoms with Gasteiger partial charge in [0.1, 0.15) is 5.75 Å². The van der Waals surface area contributed by atoms with E-state index in [0.717, 1.165) is 38.2 Å². The molecule has 2 rings (SSSR count). The van der Waals surface area contributed by atoms with Crippen molar-refractivity contribution in [2.24, 2.45) is 5.92 Å². The molecule has 1 atom stereocenters. The highest BCUT2D eigenvalue weighted by Gasteiger charge is 2.20. The zero-order chi connectivity index (χ0) is 13.5. The van der Waals surface area contributed by atoms with Crippen molar-refractivity contribution in [1.29, 1.82) is 5.26 Å². The Labute approximate surface area is 114 Å². The van der Waals surface area contributed by atoms with E-state index in [-0.39, 0.29) is 0 Å². The molecule has 0 aliphatic carbocycles. The molecule has 4 nitrogen and oxygen atoms in total. The molecule has 1 aromatic carbocycles. The summed E-state index contributed by atoms with van der Waals surface area (Å²) in [5.41, 5.74) is 0.628. The largest absolute Gasteiger partial charge is 0.494 e. The Morgan fingerprint density at radius 3 is 3.11 bits per heavy atom. The van der Waals surface area contributed by atoms with Crippen molar-refractivity contribution in [3.8, 4) is 11.8 Å². The molecule has 1 saturated heterocycles. The number of ether oxygens (including phenoxy) is 1. The topological polar surface area (TPSA) is 56.5 Å². The maximum atomic E-state index is 9.08. The SMILES string of the molecule is N#Cc1cccc(OCCCN2CCC(CO)C2)c1. The highest BCUT2D eigenvalue weighted by atomic mass is 16.5. The summed E-state index contributed by atoms with van der Waals surface area (Å²) in [5.74, 6) is 1.21. The first-order valence-corrected chi connectivity index (χ1v) is 6.78. The standard InChI is InChI=1S/C15H20N2O2/c16-10-13-3-1-4-15(9-13)19-8-2-6-17-7-5-14(11-17)12-18/h1,3-4,9,14,18H,2,5-8,11-12H2. The zero-order valence-electron chi connectivity index (χ0n) is 11.1. The molecule has 0 radical (unpaired) electrons. The van der Waals surface area contributed by atoms with Gasteiger partial charge in [-0.2, -0.15) is 5.26 Å². The monoisotopic (exact) mass is 260 g/mol. The number of hydrogen-bond donors (Lipinski definition) is 1. The summed E-state index contributed by atoms with van der Waals surface area (Å²) in [6, 6.07) is 9.34. The van der Waals surface area contributed by atoms with E-state index >= 15 is 0 Å². The third-order valence-electron chi connectivity index (χ3n) is 3.48. The van der Waals surface area contributed by atoms with E-state index in [4.69, 9.17) is 15.1 Å². The molecule has 1 aromatic rings. The second-order valence-corrected chi connectivity index (χ2v) is 4.98. The van der Waals surface area contributed by atoms with Crippen molar-refractivity contribution in [3.05, 3.63) is 29.8 Å². The molecule has 1 fully saturated rings. The highest BCUT2D eigenvalue weighted by molar-refractivity contribution is 5.36. The number of likely N-dealkylation sites (tertiary alicyclic amines) is 1. The van der Waals surface area contributed by atoms with Crippen molar-refractivity contribution < 1.29 is 9.84 Å². The van der Waals surface area contributed by atoms with Crippen LogP contribution in [0.5, 0.6) is 5.75 Å². The van der Waals surface area contributed by atoms with Crippen molar-refractivity contribution >= 4 is 0 Å². The Kier molecular flexibility index (Phi) is 5.20. The minimum absolute atomic E-state index is 0.300. The highest BCUT2D eigenvalue weighted by Crippen LogP contribution is 2.16. The van der Waals surface area contributed by atoms with Crippen molar-refractivity contribution in [2.45, 2.75) is 12.8 Å². The van der Waals surface area contributed by atoms with Crippen LogP contribution < -0.4 is 4.74 Å². The first-order chi connectivity index (χ1) is 9.31. The molecule has 1 heterocycles. The maximum absolute atomic E-state index is 9.08. The second-order valence-electron chi connectivity index (χ2n) is 4.98. The van der Waals surface area contributed by atoms with Crippen LogP contribution in [0.1, 0.15) is 18.4 Å². The van der Waals surface area contributed by atoms with Crippen LogP contribution in [0.4, 0.5) is 0 Å². The molecule has 0 saturated carbocycles. The quantitative estimate of drug-likeness (QED) is 0.790. The van der Waals surface area contributed by atoms with Crippen LogP contribution in [0.2, 0.25) is 0 Å². The molecule has 0 aromatic heterocycles. The molecule has 4 heteroatoms. The summed E-state index contributed by atoms with van der Waals surface area (Å²) in [7, 11) is 0. The van der Waals surface area contributed by atoms with Gasteiger partial charge in [-0.25, -0.2) is 0 Å². The van der Waals surface area contributed by atoms with E-state index in [0.29, 0.717) is 24.7 Å². The van der Waals surface area contributed by atoms with E-state index in [2.05, 4.69) is 11.0 Å². The number of aliphatic hydroxyl groups excluding tert-OH is 1. The lowest BCUT2D eigenvalue weighted by molar-refractivity contribution is 0.215. The van der Waals surface area contributed by atoms with Crippen molar-refractivity contribution in [3.63, 3.8) is 0 Å². The van der Waals surface area contributed by atoms with Gasteiger partial charge in [0.15, 0.2) is 0 Å². The molecule has 0 bridgehead atoms. The lowest BCUT2D eigenvalue weighted by Crippen LogP contribution is -2.24. The minimum Gasteiger partial charge on any atom is -0.494 e. The first kappa shape index (κ1) is 13.9. The zero-order valence-corrected chi connectivity index (χ0v) is 11.1. The van der Waals surface area contributed by atoms with Gasteiger partial charge in [-0.05, 0) is 43.5 Å². The summed E-state index contributed by atoms with van der Waals surface area (Å²) < 4.78 is 5.63. The fraction of sp³-hybridized carbons (Fsp3) is 0.533. The average molecular weight is 260 g/mol. The van der Waals surface area contributed by atoms with E-state index in [1.807, 2.05) is 12.1 Å². The van der Waals surface area contributed by atoms with Crippen LogP contribution in [-0.2, 0) is 0 Å². The van der Waals surface area contributed by atoms with E-state index in [1.165, 1.54) is 0 Å². The van der Waals surface area contributed by atoms with Gasteiger partial charge in [0.2, 0.25) is 0 Å². The average Bonchev–Trinajstić information content (AvgIpc) is 2.92. The smallest absolute Gasteiger partial charge is 0.120 e. The van der Waals surface area contributed by atoms with Gasteiger partial charge >= 0.3 is 0 Å². The normalized spacial score (nSPS) is 19.3. The molecule has 0 amide bonds. The van der Waals surface area contributed by atoms with Crippen molar-refractivity contribution in [1.82, 2.24) is 4.90 Å². The Morgan fingerprint density at radius 2 is 2.37 bits per heavy atom. The van der Waals surface area contributed by atoms with Gasteiger partial charge in [0.05, 0.1) is 18.2 Å². The Bertz CT molecular complexity index is 442. The van der Waals surface area contributed by atoms with Crippen molar-refractivity contribution in [2.75, 3.05) is 32.8 Å². The molecular formula is C15H20N2O2. The molecule has 1 aliphatic heterocycles. The minimum atomic E-state index is 0.300. The Morgan fingerprint density at radius 1 is 1.47 bits per heavy atom. The number of rotatable bonds is 6. The lowest BCUT2D eigenvalue weighted by atomic mass is 10.1. The molecule has 1 aliphatic rings. The van der Waals surface area contributed by atoms with E-state index in [9.17, 15) is 0 Å². The third-order valence-corrected chi connectivity index (χ3v) is 3.48. The van der Waals surface area contributed by atoms with Gasteiger partial charge < -0.3 is 14.7 Å². The first-order valence-electron chi connectivity index (χ1n) is 6.78. The molecule has 19 heavy (non-hydrogen) atoms. The van der Waals surface area contributed by atoms with Crippen LogP contribution in [-0.4, -0.2) is 42.9 Å². The van der Waals surface area contributed by atoms with Gasteiger partial charge in [0, 0.05) is 19.7 Å². The summed E-state index contributed by atoms with van der Waals surface area (Å²) in [6.45, 7) is 4.05. The fourth-order valence-corrected chi connectivity index (χ4v) is 2.40. The lowest BCUT2D eigenvalue weighted by Gasteiger charge is -2.15. The van der Waals surface area contributed by atoms with Gasteiger partial charge in [0.25, 0.3) is 0 Å². The Balaban J connectivity index is 1.65. The Hall–Kier alpha value is -1.57. The second kappa shape index (κ2) is 7.13. The number of aliphatic hydroxyl groups is 1. The molecule has 1 unspecified atom stereocenters. The van der Waals surface area contributed by atoms with Crippen LogP contribution in [0, 0.1) is 17.2 Å². The van der Waals surface area contributed by atoms with Crippen LogP contribution in [0.3, 0.4) is 0 Å². The van der Waals surface area contributed by atoms with Crippen LogP contribution in [0.25, 0.3) is 0 Å². The van der Waals surface area contributed by atoms with Gasteiger partial charge in [-0.1, -0.05) is 6.07 Å². The third kappa shape index (κ3) is 4.23. The number of benzene rings is 1. The molecular weight excluding hydrogens is 240 g/mol. The summed E-state index contributed by atoms with van der Waals surface area (Å²) >= 11 is 0. The summed E-state index contributed by atoms with van der Waals surface area (Å²) in [5, 5.41) is 17.9. The number of nitrogens with zero attached hydrogens (tertiary/aromatic N) is 2. The van der Waals surface area contributed by atoms with Crippen LogP contribution in [0.15, 0.2) is 24.3 Å². The van der Waals surface area contributed by atoms with Gasteiger partial charge in [-0.15, -0.1) is 0 Å². The van der Waals surface area contributed by atoms with Gasteiger partial charge in [-0.3, -0.25) is 0 Å². The summed E-state index contributed by atoms with van der Waals surface area (Å²) in [6.07, 6.45) is 2.07. The number of nitriles is 1.